The number of ether oxygens (including phenoxy) is 1. The van der Waals surface area contributed by atoms with Gasteiger partial charge >= 0.3 is 6.01 Å². The van der Waals surface area contributed by atoms with Crippen molar-refractivity contribution in [3.63, 3.8) is 0 Å². The van der Waals surface area contributed by atoms with Crippen molar-refractivity contribution in [1.29, 1.82) is 0 Å². The third-order valence-electron chi connectivity index (χ3n) is 4.29. The number of aryl methyl sites for hydroxylation is 1. The molecule has 0 aromatic carbocycles. The molecular formula is C16H18BrN7O. The van der Waals surface area contributed by atoms with E-state index in [4.69, 9.17) is 4.74 Å². The highest BCUT2D eigenvalue weighted by Crippen LogP contribution is 2.22. The lowest BCUT2D eigenvalue weighted by molar-refractivity contribution is 0.213. The predicted molar refractivity (Wildman–Crippen MR) is 95.7 cm³/mol. The topological polar surface area (TPSA) is 81.3 Å². The number of halogens is 1. The molecule has 0 amide bonds. The molecule has 4 heterocycles. The van der Waals surface area contributed by atoms with Crippen LogP contribution >= 0.6 is 15.9 Å². The first-order chi connectivity index (χ1) is 12.2. The van der Waals surface area contributed by atoms with Gasteiger partial charge in [-0.1, -0.05) is 0 Å². The quantitative estimate of drug-likeness (QED) is 0.660. The molecule has 1 aliphatic heterocycles. The molecule has 1 aliphatic rings. The van der Waals surface area contributed by atoms with E-state index in [9.17, 15) is 0 Å². The molecule has 0 spiro atoms. The van der Waals surface area contributed by atoms with E-state index in [1.807, 2.05) is 19.1 Å². The van der Waals surface area contributed by atoms with Crippen molar-refractivity contribution in [2.24, 2.45) is 5.92 Å². The van der Waals surface area contributed by atoms with Gasteiger partial charge in [-0.2, -0.15) is 4.52 Å². The van der Waals surface area contributed by atoms with Crippen LogP contribution in [0.3, 0.4) is 0 Å². The Balaban J connectivity index is 1.42. The Kier molecular flexibility index (Phi) is 4.48. The second kappa shape index (κ2) is 6.91. The maximum Gasteiger partial charge on any atom is 0.316 e. The Labute approximate surface area is 153 Å². The van der Waals surface area contributed by atoms with Gasteiger partial charge in [0.25, 0.3) is 0 Å². The predicted octanol–water partition coefficient (Wildman–Crippen LogP) is 2.28. The highest BCUT2D eigenvalue weighted by atomic mass is 79.9. The summed E-state index contributed by atoms with van der Waals surface area (Å²) in [5.41, 5.74) is 0.769. The summed E-state index contributed by atoms with van der Waals surface area (Å²) < 4.78 is 8.37. The van der Waals surface area contributed by atoms with Gasteiger partial charge in [-0.05, 0) is 47.8 Å². The molecule has 0 radical (unpaired) electrons. The maximum absolute atomic E-state index is 5.75. The number of nitrogens with zero attached hydrogens (tertiary/aromatic N) is 7. The summed E-state index contributed by atoms with van der Waals surface area (Å²) in [6.07, 6.45) is 5.61. The zero-order chi connectivity index (χ0) is 17.2. The molecule has 4 rings (SSSR count). The van der Waals surface area contributed by atoms with E-state index in [0.29, 0.717) is 18.5 Å². The smallest absolute Gasteiger partial charge is 0.316 e. The Bertz CT molecular complexity index is 867. The van der Waals surface area contributed by atoms with Gasteiger partial charge in [-0.15, -0.1) is 15.3 Å². The minimum Gasteiger partial charge on any atom is -0.463 e. The molecule has 1 atom stereocenters. The molecule has 1 unspecified atom stereocenters. The van der Waals surface area contributed by atoms with Gasteiger partial charge in [0.1, 0.15) is 5.82 Å². The van der Waals surface area contributed by atoms with E-state index in [1.165, 1.54) is 0 Å². The summed E-state index contributed by atoms with van der Waals surface area (Å²) in [6.45, 7) is 4.40. The molecule has 1 saturated heterocycles. The van der Waals surface area contributed by atoms with Crippen LogP contribution in [0.4, 0.5) is 5.82 Å². The summed E-state index contributed by atoms with van der Waals surface area (Å²) >= 11 is 3.32. The van der Waals surface area contributed by atoms with Gasteiger partial charge in [0.2, 0.25) is 0 Å². The van der Waals surface area contributed by atoms with Crippen LogP contribution in [0.15, 0.2) is 29.0 Å². The first-order valence-electron chi connectivity index (χ1n) is 8.23. The van der Waals surface area contributed by atoms with Crippen LogP contribution in [-0.2, 0) is 0 Å². The highest BCUT2D eigenvalue weighted by Gasteiger charge is 2.22. The van der Waals surface area contributed by atoms with E-state index < -0.39 is 0 Å². The summed E-state index contributed by atoms with van der Waals surface area (Å²) in [4.78, 5) is 10.6. The first-order valence-corrected chi connectivity index (χ1v) is 9.03. The number of fused-ring (bicyclic) bond motifs is 1. The Morgan fingerprint density at radius 1 is 1.24 bits per heavy atom. The Hall–Kier alpha value is -2.29. The molecule has 8 nitrogen and oxygen atoms in total. The number of anilines is 1. The van der Waals surface area contributed by atoms with Crippen LogP contribution in [0, 0.1) is 12.8 Å². The fraction of sp³-hybridized carbons (Fsp3) is 0.438. The molecular weight excluding hydrogens is 386 g/mol. The summed E-state index contributed by atoms with van der Waals surface area (Å²) in [5.74, 6) is 2.15. The van der Waals surface area contributed by atoms with Gasteiger partial charge in [0.15, 0.2) is 11.5 Å². The first kappa shape index (κ1) is 16.2. The molecule has 9 heteroatoms. The maximum atomic E-state index is 5.75. The Morgan fingerprint density at radius 3 is 2.92 bits per heavy atom. The van der Waals surface area contributed by atoms with Gasteiger partial charge in [0.05, 0.1) is 11.1 Å². The fourth-order valence-electron chi connectivity index (χ4n) is 3.03. The zero-order valence-corrected chi connectivity index (χ0v) is 15.4. The third kappa shape index (κ3) is 3.55. The van der Waals surface area contributed by atoms with Crippen molar-refractivity contribution < 1.29 is 4.74 Å². The summed E-state index contributed by atoms with van der Waals surface area (Å²) in [6, 6.07) is 4.38. The van der Waals surface area contributed by atoms with Crippen LogP contribution in [-0.4, -0.2) is 49.5 Å². The molecule has 3 aromatic heterocycles. The van der Waals surface area contributed by atoms with E-state index >= 15 is 0 Å². The van der Waals surface area contributed by atoms with E-state index in [1.54, 1.807) is 16.9 Å². The van der Waals surface area contributed by atoms with Crippen LogP contribution in [0.2, 0.25) is 0 Å². The molecule has 0 N–H and O–H groups in total. The molecule has 0 bridgehead atoms. The van der Waals surface area contributed by atoms with Gasteiger partial charge < -0.3 is 9.64 Å². The van der Waals surface area contributed by atoms with Crippen molar-refractivity contribution in [3.8, 4) is 6.01 Å². The normalized spacial score (nSPS) is 17.8. The molecule has 0 saturated carbocycles. The molecule has 0 aliphatic carbocycles. The van der Waals surface area contributed by atoms with Crippen molar-refractivity contribution >= 4 is 27.4 Å². The largest absolute Gasteiger partial charge is 0.463 e. The number of rotatable bonds is 4. The fourth-order valence-corrected chi connectivity index (χ4v) is 3.24. The lowest BCUT2D eigenvalue weighted by Gasteiger charge is -2.33. The van der Waals surface area contributed by atoms with Crippen molar-refractivity contribution in [2.75, 3.05) is 24.6 Å². The standard InChI is InChI=1S/C16H18BrN7O/c1-11-20-21-14-4-5-15(22-24(11)14)23-6-2-3-12(9-23)10-25-16-18-7-13(17)8-19-16/h4-5,7-8,12H,2-3,6,9-10H2,1H3. The van der Waals surface area contributed by atoms with E-state index in [0.717, 1.165) is 47.7 Å². The summed E-state index contributed by atoms with van der Waals surface area (Å²) in [5, 5.41) is 12.8. The average molecular weight is 404 g/mol. The van der Waals surface area contributed by atoms with Gasteiger partial charge in [0, 0.05) is 31.4 Å². The Morgan fingerprint density at radius 2 is 2.08 bits per heavy atom. The van der Waals surface area contributed by atoms with E-state index in [2.05, 4.69) is 46.1 Å². The third-order valence-corrected chi connectivity index (χ3v) is 4.70. The number of aromatic nitrogens is 6. The zero-order valence-electron chi connectivity index (χ0n) is 13.8. The lowest BCUT2D eigenvalue weighted by Crippen LogP contribution is -2.38. The SMILES string of the molecule is Cc1nnc2ccc(N3CCCC(COc4ncc(Br)cn4)C3)nn12. The van der Waals surface area contributed by atoms with Crippen LogP contribution in [0.25, 0.3) is 5.65 Å². The van der Waals surface area contributed by atoms with Gasteiger partial charge in [-0.25, -0.2) is 9.97 Å². The number of hydrogen-bond donors (Lipinski definition) is 0. The average Bonchev–Trinajstić information content (AvgIpc) is 3.02. The molecule has 1 fully saturated rings. The lowest BCUT2D eigenvalue weighted by atomic mass is 9.99. The minimum atomic E-state index is 0.417. The van der Waals surface area contributed by atoms with E-state index in [-0.39, 0.29) is 0 Å². The van der Waals surface area contributed by atoms with Crippen molar-refractivity contribution in [1.82, 2.24) is 29.8 Å². The van der Waals surface area contributed by atoms with Crippen molar-refractivity contribution in [3.05, 3.63) is 34.8 Å². The molecule has 25 heavy (non-hydrogen) atoms. The second-order valence-electron chi connectivity index (χ2n) is 6.16. The van der Waals surface area contributed by atoms with Gasteiger partial charge in [-0.3, -0.25) is 0 Å². The monoisotopic (exact) mass is 403 g/mol. The number of hydrogen-bond acceptors (Lipinski definition) is 7. The highest BCUT2D eigenvalue weighted by molar-refractivity contribution is 9.10. The van der Waals surface area contributed by atoms with Crippen LogP contribution < -0.4 is 9.64 Å². The number of piperidine rings is 1. The van der Waals surface area contributed by atoms with Crippen molar-refractivity contribution in [2.45, 2.75) is 19.8 Å². The molecule has 130 valence electrons. The molecule has 3 aromatic rings. The van der Waals surface area contributed by atoms with Crippen LogP contribution in [0.1, 0.15) is 18.7 Å². The second-order valence-corrected chi connectivity index (χ2v) is 7.07. The van der Waals surface area contributed by atoms with Crippen LogP contribution in [0.5, 0.6) is 6.01 Å². The minimum absolute atomic E-state index is 0.417. The summed E-state index contributed by atoms with van der Waals surface area (Å²) in [7, 11) is 0.